The van der Waals surface area contributed by atoms with Gasteiger partial charge < -0.3 is 15.0 Å². The Labute approximate surface area is 123 Å². The summed E-state index contributed by atoms with van der Waals surface area (Å²) in [6.45, 7) is 4.28. The van der Waals surface area contributed by atoms with Crippen LogP contribution in [0.1, 0.15) is 19.4 Å². The average molecular weight is 287 g/mol. The third-order valence-electron chi connectivity index (χ3n) is 3.43. The van der Waals surface area contributed by atoms with Crippen molar-refractivity contribution < 1.29 is 14.3 Å². The number of benzene rings is 1. The second kappa shape index (κ2) is 6.27. The Hall–Kier alpha value is -2.55. The van der Waals surface area contributed by atoms with Crippen LogP contribution in [-0.2, 0) is 9.59 Å². The van der Waals surface area contributed by atoms with E-state index in [2.05, 4.69) is 5.32 Å². The first-order chi connectivity index (χ1) is 10.0. The summed E-state index contributed by atoms with van der Waals surface area (Å²) < 4.78 is 5.58. The fourth-order valence-electron chi connectivity index (χ4n) is 2.18. The molecule has 0 spiro atoms. The van der Waals surface area contributed by atoms with Crippen molar-refractivity contribution in [2.24, 2.45) is 0 Å². The van der Waals surface area contributed by atoms with E-state index in [0.717, 1.165) is 0 Å². The zero-order valence-corrected chi connectivity index (χ0v) is 12.0. The maximum Gasteiger partial charge on any atom is 0.264 e. The molecule has 1 aliphatic rings. The highest BCUT2D eigenvalue weighted by Gasteiger charge is 2.32. The molecule has 2 atom stereocenters. The molecule has 0 radical (unpaired) electrons. The van der Waals surface area contributed by atoms with Gasteiger partial charge in [0.2, 0.25) is 5.91 Å². The van der Waals surface area contributed by atoms with E-state index in [1.807, 2.05) is 6.07 Å². The molecule has 0 aliphatic carbocycles. The SMILES string of the molecule is CC(Oc1ccc(C#N)cc1)C(=O)N1CCNC(=O)C1C. The Morgan fingerprint density at radius 3 is 2.76 bits per heavy atom. The standard InChI is InChI=1S/C15H17N3O3/c1-10-14(19)17-7-8-18(10)15(20)11(2)21-13-5-3-12(9-16)4-6-13/h3-6,10-11H,7-8H2,1-2H3,(H,17,19). The van der Waals surface area contributed by atoms with E-state index in [1.165, 1.54) is 4.90 Å². The highest BCUT2D eigenvalue weighted by Crippen LogP contribution is 2.15. The van der Waals surface area contributed by atoms with Crippen LogP contribution in [0.4, 0.5) is 0 Å². The number of piperazine rings is 1. The van der Waals surface area contributed by atoms with Gasteiger partial charge in [-0.1, -0.05) is 0 Å². The van der Waals surface area contributed by atoms with Crippen LogP contribution in [0.15, 0.2) is 24.3 Å². The summed E-state index contributed by atoms with van der Waals surface area (Å²) in [5.74, 6) is 0.144. The Bertz CT molecular complexity index is 577. The average Bonchev–Trinajstić information content (AvgIpc) is 2.50. The van der Waals surface area contributed by atoms with Crippen molar-refractivity contribution in [3.63, 3.8) is 0 Å². The summed E-state index contributed by atoms with van der Waals surface area (Å²) in [7, 11) is 0. The number of nitriles is 1. The van der Waals surface area contributed by atoms with Crippen molar-refractivity contribution in [3.05, 3.63) is 29.8 Å². The molecule has 2 rings (SSSR count). The first-order valence-corrected chi connectivity index (χ1v) is 6.78. The highest BCUT2D eigenvalue weighted by molar-refractivity contribution is 5.90. The quantitative estimate of drug-likeness (QED) is 0.886. The van der Waals surface area contributed by atoms with Crippen molar-refractivity contribution in [2.45, 2.75) is 26.0 Å². The lowest BCUT2D eigenvalue weighted by molar-refractivity contribution is -0.147. The van der Waals surface area contributed by atoms with E-state index in [1.54, 1.807) is 38.1 Å². The molecule has 1 aromatic carbocycles. The van der Waals surface area contributed by atoms with E-state index in [4.69, 9.17) is 10.00 Å². The first kappa shape index (κ1) is 14.9. The van der Waals surface area contributed by atoms with E-state index in [9.17, 15) is 9.59 Å². The van der Waals surface area contributed by atoms with Gasteiger partial charge >= 0.3 is 0 Å². The fraction of sp³-hybridized carbons (Fsp3) is 0.400. The van der Waals surface area contributed by atoms with Gasteiger partial charge in [0.25, 0.3) is 5.91 Å². The minimum Gasteiger partial charge on any atom is -0.481 e. The smallest absolute Gasteiger partial charge is 0.264 e. The van der Waals surface area contributed by atoms with Crippen molar-refractivity contribution >= 4 is 11.8 Å². The van der Waals surface area contributed by atoms with Gasteiger partial charge in [-0.15, -0.1) is 0 Å². The zero-order valence-electron chi connectivity index (χ0n) is 12.0. The molecule has 1 aromatic rings. The van der Waals surface area contributed by atoms with Crippen molar-refractivity contribution in [1.82, 2.24) is 10.2 Å². The topological polar surface area (TPSA) is 82.4 Å². The molecular formula is C15H17N3O3. The van der Waals surface area contributed by atoms with Gasteiger partial charge in [0, 0.05) is 13.1 Å². The predicted molar refractivity (Wildman–Crippen MR) is 75.4 cm³/mol. The predicted octanol–water partition coefficient (Wildman–Crippen LogP) is 0.672. The molecule has 110 valence electrons. The molecule has 2 amide bonds. The number of ether oxygens (including phenoxy) is 1. The molecular weight excluding hydrogens is 270 g/mol. The lowest BCUT2D eigenvalue weighted by atomic mass is 10.2. The molecule has 0 saturated carbocycles. The van der Waals surface area contributed by atoms with Crippen LogP contribution in [0.5, 0.6) is 5.75 Å². The molecule has 6 nitrogen and oxygen atoms in total. The van der Waals surface area contributed by atoms with Gasteiger partial charge in [-0.25, -0.2) is 0 Å². The molecule has 2 unspecified atom stereocenters. The van der Waals surface area contributed by atoms with Gasteiger partial charge in [0.05, 0.1) is 11.6 Å². The van der Waals surface area contributed by atoms with Gasteiger partial charge in [-0.2, -0.15) is 5.26 Å². The molecule has 6 heteroatoms. The lowest BCUT2D eigenvalue weighted by Crippen LogP contribution is -2.58. The molecule has 0 aromatic heterocycles. The molecule has 1 N–H and O–H groups in total. The van der Waals surface area contributed by atoms with Crippen LogP contribution in [0, 0.1) is 11.3 Å². The van der Waals surface area contributed by atoms with E-state index in [0.29, 0.717) is 24.4 Å². The summed E-state index contributed by atoms with van der Waals surface area (Å²) in [4.78, 5) is 25.5. The lowest BCUT2D eigenvalue weighted by Gasteiger charge is -2.34. The molecule has 21 heavy (non-hydrogen) atoms. The van der Waals surface area contributed by atoms with Crippen LogP contribution in [-0.4, -0.2) is 41.9 Å². The Balaban J connectivity index is 2.01. The van der Waals surface area contributed by atoms with Gasteiger partial charge in [-0.05, 0) is 38.1 Å². The monoisotopic (exact) mass is 287 g/mol. The summed E-state index contributed by atoms with van der Waals surface area (Å²) in [6.07, 6.45) is -0.689. The van der Waals surface area contributed by atoms with Crippen molar-refractivity contribution in [2.75, 3.05) is 13.1 Å². The third-order valence-corrected chi connectivity index (χ3v) is 3.43. The molecule has 1 fully saturated rings. The van der Waals surface area contributed by atoms with Gasteiger partial charge in [-0.3, -0.25) is 9.59 Å². The largest absolute Gasteiger partial charge is 0.481 e. The summed E-state index contributed by atoms with van der Waals surface area (Å²) in [5, 5.41) is 11.4. The van der Waals surface area contributed by atoms with Gasteiger partial charge in [0.1, 0.15) is 11.8 Å². The normalized spacial score (nSPS) is 19.4. The minimum atomic E-state index is -0.689. The number of carbonyl (C=O) groups excluding carboxylic acids is 2. The molecule has 1 saturated heterocycles. The Morgan fingerprint density at radius 2 is 2.14 bits per heavy atom. The Kier molecular flexibility index (Phi) is 4.43. The van der Waals surface area contributed by atoms with Crippen LogP contribution in [0.25, 0.3) is 0 Å². The number of nitrogens with one attached hydrogen (secondary N) is 1. The first-order valence-electron chi connectivity index (χ1n) is 6.78. The summed E-state index contributed by atoms with van der Waals surface area (Å²) >= 11 is 0. The maximum absolute atomic E-state index is 12.4. The molecule has 1 aliphatic heterocycles. The fourth-order valence-corrected chi connectivity index (χ4v) is 2.18. The number of rotatable bonds is 3. The maximum atomic E-state index is 12.4. The second-order valence-corrected chi connectivity index (χ2v) is 4.89. The number of carbonyl (C=O) groups is 2. The van der Waals surface area contributed by atoms with Crippen LogP contribution in [0.2, 0.25) is 0 Å². The summed E-state index contributed by atoms with van der Waals surface area (Å²) in [6, 6.07) is 8.08. The number of nitrogens with zero attached hydrogens (tertiary/aromatic N) is 2. The van der Waals surface area contributed by atoms with Crippen LogP contribution < -0.4 is 10.1 Å². The number of amides is 2. The third kappa shape index (κ3) is 3.31. The molecule has 0 bridgehead atoms. The van der Waals surface area contributed by atoms with E-state index in [-0.39, 0.29) is 11.8 Å². The van der Waals surface area contributed by atoms with E-state index >= 15 is 0 Å². The van der Waals surface area contributed by atoms with Crippen molar-refractivity contribution in [1.29, 1.82) is 5.26 Å². The zero-order chi connectivity index (χ0) is 15.4. The second-order valence-electron chi connectivity index (χ2n) is 4.89. The van der Waals surface area contributed by atoms with Crippen molar-refractivity contribution in [3.8, 4) is 11.8 Å². The van der Waals surface area contributed by atoms with Crippen LogP contribution >= 0.6 is 0 Å². The minimum absolute atomic E-state index is 0.153. The van der Waals surface area contributed by atoms with Crippen LogP contribution in [0.3, 0.4) is 0 Å². The Morgan fingerprint density at radius 1 is 1.48 bits per heavy atom. The highest BCUT2D eigenvalue weighted by atomic mass is 16.5. The number of hydrogen-bond donors (Lipinski definition) is 1. The van der Waals surface area contributed by atoms with Gasteiger partial charge in [0.15, 0.2) is 6.10 Å². The van der Waals surface area contributed by atoms with E-state index < -0.39 is 12.1 Å². The number of hydrogen-bond acceptors (Lipinski definition) is 4. The summed E-state index contributed by atoms with van der Waals surface area (Å²) in [5.41, 5.74) is 0.530. The molecule has 1 heterocycles.